The molecule has 2 aromatic heterocycles. The fraction of sp³-hybridized carbons (Fsp3) is 0.524. The second-order valence-electron chi connectivity index (χ2n) is 7.57. The molecule has 0 aliphatic heterocycles. The summed E-state index contributed by atoms with van der Waals surface area (Å²) in [5.74, 6) is 0.581. The molecule has 0 aliphatic rings. The van der Waals surface area contributed by atoms with Crippen molar-refractivity contribution in [2.45, 2.75) is 72.1 Å². The highest BCUT2D eigenvalue weighted by Crippen LogP contribution is 2.33. The van der Waals surface area contributed by atoms with Gasteiger partial charge >= 0.3 is 6.18 Å². The summed E-state index contributed by atoms with van der Waals surface area (Å²) in [5, 5.41) is 0. The maximum atomic E-state index is 12.9. The quantitative estimate of drug-likeness (QED) is 0.611. The molecule has 148 valence electrons. The van der Waals surface area contributed by atoms with E-state index in [-0.39, 0.29) is 12.0 Å². The maximum Gasteiger partial charge on any atom is 0.433 e. The first-order valence-electron chi connectivity index (χ1n) is 9.19. The van der Waals surface area contributed by atoms with Gasteiger partial charge in [0.15, 0.2) is 0 Å². The Labute approximate surface area is 159 Å². The van der Waals surface area contributed by atoms with E-state index in [0.717, 1.165) is 22.9 Å². The molecule has 0 saturated carbocycles. The van der Waals surface area contributed by atoms with E-state index in [2.05, 4.69) is 29.9 Å². The van der Waals surface area contributed by atoms with E-state index >= 15 is 0 Å². The number of ether oxygens (including phenoxy) is 1. The van der Waals surface area contributed by atoms with E-state index < -0.39 is 11.9 Å². The Kier molecular flexibility index (Phi) is 6.50. The third kappa shape index (κ3) is 5.44. The Morgan fingerprint density at radius 1 is 1.00 bits per heavy atom. The molecule has 27 heavy (non-hydrogen) atoms. The first kappa shape index (κ1) is 21.2. The zero-order chi connectivity index (χ0) is 20.4. The number of halogens is 3. The zero-order valence-corrected chi connectivity index (χ0v) is 16.7. The molecule has 0 saturated heterocycles. The van der Waals surface area contributed by atoms with Crippen LogP contribution >= 0.6 is 0 Å². The number of aromatic nitrogens is 2. The summed E-state index contributed by atoms with van der Waals surface area (Å²) in [4.78, 5) is 8.32. The monoisotopic (exact) mass is 380 g/mol. The third-order valence-corrected chi connectivity index (χ3v) is 4.30. The van der Waals surface area contributed by atoms with Crippen LogP contribution in [0, 0.1) is 6.92 Å². The lowest BCUT2D eigenvalue weighted by molar-refractivity contribution is -0.141. The molecule has 0 aliphatic carbocycles. The number of nitrogens with zero attached hydrogens (tertiary/aromatic N) is 2. The summed E-state index contributed by atoms with van der Waals surface area (Å²) >= 11 is 0. The van der Waals surface area contributed by atoms with Gasteiger partial charge in [0.05, 0.1) is 5.69 Å². The SMILES string of the molecule is Cc1cc(CC(C)Oc2ccc(C(F)(F)F)nc2C(C)C)cnc1C(C)C. The summed E-state index contributed by atoms with van der Waals surface area (Å²) in [6, 6.07) is 4.43. The van der Waals surface area contributed by atoms with Crippen molar-refractivity contribution in [2.75, 3.05) is 0 Å². The van der Waals surface area contributed by atoms with Crippen molar-refractivity contribution in [2.24, 2.45) is 0 Å². The van der Waals surface area contributed by atoms with E-state index in [1.54, 1.807) is 13.8 Å². The van der Waals surface area contributed by atoms with Crippen LogP contribution in [0.3, 0.4) is 0 Å². The number of rotatable bonds is 6. The van der Waals surface area contributed by atoms with E-state index in [4.69, 9.17) is 4.74 Å². The fourth-order valence-corrected chi connectivity index (χ4v) is 3.08. The molecular formula is C21H27F3N2O. The van der Waals surface area contributed by atoms with Crippen molar-refractivity contribution in [1.82, 2.24) is 9.97 Å². The number of aryl methyl sites for hydroxylation is 1. The third-order valence-electron chi connectivity index (χ3n) is 4.30. The molecular weight excluding hydrogens is 353 g/mol. The molecule has 0 fully saturated rings. The van der Waals surface area contributed by atoms with Crippen LogP contribution < -0.4 is 4.74 Å². The molecule has 1 atom stereocenters. The fourth-order valence-electron chi connectivity index (χ4n) is 3.08. The van der Waals surface area contributed by atoms with Crippen molar-refractivity contribution in [1.29, 1.82) is 0 Å². The lowest BCUT2D eigenvalue weighted by atomic mass is 10.0. The molecule has 0 aromatic carbocycles. The van der Waals surface area contributed by atoms with Crippen LogP contribution in [-0.4, -0.2) is 16.1 Å². The Morgan fingerprint density at radius 2 is 1.63 bits per heavy atom. The van der Waals surface area contributed by atoms with Gasteiger partial charge in [-0.1, -0.05) is 33.8 Å². The van der Waals surface area contributed by atoms with E-state index in [0.29, 0.717) is 23.8 Å². The van der Waals surface area contributed by atoms with E-state index in [1.165, 1.54) is 6.07 Å². The number of alkyl halides is 3. The van der Waals surface area contributed by atoms with Crippen LogP contribution in [0.4, 0.5) is 13.2 Å². The smallest absolute Gasteiger partial charge is 0.433 e. The predicted molar refractivity (Wildman–Crippen MR) is 100 cm³/mol. The topological polar surface area (TPSA) is 35.0 Å². The van der Waals surface area contributed by atoms with E-state index in [1.807, 2.05) is 20.0 Å². The first-order chi connectivity index (χ1) is 12.5. The van der Waals surface area contributed by atoms with Crippen LogP contribution in [-0.2, 0) is 12.6 Å². The first-order valence-corrected chi connectivity index (χ1v) is 9.19. The van der Waals surface area contributed by atoms with Gasteiger partial charge in [-0.3, -0.25) is 4.98 Å². The van der Waals surface area contributed by atoms with E-state index in [9.17, 15) is 13.2 Å². The molecule has 0 radical (unpaired) electrons. The standard InChI is InChI=1S/C21H27F3N2O/c1-12(2)19-14(5)9-16(11-25-19)10-15(6)27-17-7-8-18(21(22,23)24)26-20(17)13(3)4/h7-9,11-13,15H,10H2,1-6H3. The van der Waals surface area contributed by atoms with Gasteiger partial charge in [0.2, 0.25) is 0 Å². The molecule has 3 nitrogen and oxygen atoms in total. The van der Waals surface area contributed by atoms with Gasteiger partial charge in [-0.05, 0) is 48.9 Å². The number of hydrogen-bond acceptors (Lipinski definition) is 3. The van der Waals surface area contributed by atoms with Crippen molar-refractivity contribution in [3.05, 3.63) is 52.6 Å². The predicted octanol–water partition coefficient (Wildman–Crippen LogP) is 6.06. The Bertz CT molecular complexity index is 785. The van der Waals surface area contributed by atoms with Crippen molar-refractivity contribution in [3.63, 3.8) is 0 Å². The van der Waals surface area contributed by atoms with Crippen molar-refractivity contribution in [3.8, 4) is 5.75 Å². The summed E-state index contributed by atoms with van der Waals surface area (Å²) in [5.41, 5.74) is 2.67. The largest absolute Gasteiger partial charge is 0.488 e. The van der Waals surface area contributed by atoms with Crippen LogP contribution in [0.1, 0.15) is 74.7 Å². The van der Waals surface area contributed by atoms with Crippen LogP contribution in [0.5, 0.6) is 5.75 Å². The molecule has 0 N–H and O–H groups in total. The van der Waals surface area contributed by atoms with Crippen molar-refractivity contribution >= 4 is 0 Å². The highest BCUT2D eigenvalue weighted by Gasteiger charge is 2.33. The average molecular weight is 380 g/mol. The average Bonchev–Trinajstić information content (AvgIpc) is 2.53. The molecule has 2 rings (SSSR count). The molecule has 6 heteroatoms. The molecule has 2 heterocycles. The Hall–Kier alpha value is -2.11. The lowest BCUT2D eigenvalue weighted by Crippen LogP contribution is -2.18. The molecule has 2 aromatic rings. The van der Waals surface area contributed by atoms with Gasteiger partial charge in [0.25, 0.3) is 0 Å². The van der Waals surface area contributed by atoms with Crippen LogP contribution in [0.2, 0.25) is 0 Å². The van der Waals surface area contributed by atoms with Crippen LogP contribution in [0.25, 0.3) is 0 Å². The summed E-state index contributed by atoms with van der Waals surface area (Å²) < 4.78 is 44.7. The summed E-state index contributed by atoms with van der Waals surface area (Å²) in [6.45, 7) is 11.7. The summed E-state index contributed by atoms with van der Waals surface area (Å²) in [7, 11) is 0. The van der Waals surface area contributed by atoms with Gasteiger partial charge in [-0.2, -0.15) is 13.2 Å². The molecule has 0 amide bonds. The van der Waals surface area contributed by atoms with Gasteiger partial charge in [-0.25, -0.2) is 4.98 Å². The summed E-state index contributed by atoms with van der Waals surface area (Å²) in [6.07, 6.45) is -2.22. The lowest BCUT2D eigenvalue weighted by Gasteiger charge is -2.20. The minimum absolute atomic E-state index is 0.177. The molecule has 0 spiro atoms. The maximum absolute atomic E-state index is 12.9. The molecule has 1 unspecified atom stereocenters. The van der Waals surface area contributed by atoms with Crippen LogP contribution in [0.15, 0.2) is 24.4 Å². The normalized spacial score (nSPS) is 13.3. The van der Waals surface area contributed by atoms with Gasteiger partial charge in [-0.15, -0.1) is 0 Å². The highest BCUT2D eigenvalue weighted by molar-refractivity contribution is 5.33. The minimum atomic E-state index is -4.46. The number of hydrogen-bond donors (Lipinski definition) is 0. The van der Waals surface area contributed by atoms with Gasteiger partial charge < -0.3 is 4.74 Å². The second-order valence-corrected chi connectivity index (χ2v) is 7.57. The van der Waals surface area contributed by atoms with Crippen molar-refractivity contribution < 1.29 is 17.9 Å². The van der Waals surface area contributed by atoms with Gasteiger partial charge in [0, 0.05) is 18.3 Å². The number of pyridine rings is 2. The molecule has 0 bridgehead atoms. The Balaban J connectivity index is 2.18. The van der Waals surface area contributed by atoms with Gasteiger partial charge in [0.1, 0.15) is 17.5 Å². The Morgan fingerprint density at radius 3 is 2.15 bits per heavy atom. The second kappa shape index (κ2) is 8.28. The zero-order valence-electron chi connectivity index (χ0n) is 16.7. The minimum Gasteiger partial charge on any atom is -0.488 e. The highest BCUT2D eigenvalue weighted by atomic mass is 19.4.